The summed E-state index contributed by atoms with van der Waals surface area (Å²) in [5.74, 6) is -0.568. The maximum absolute atomic E-state index is 13.0. The van der Waals surface area contributed by atoms with E-state index in [4.69, 9.17) is 0 Å². The average molecular weight is 367 g/mol. The van der Waals surface area contributed by atoms with Crippen molar-refractivity contribution in [1.82, 2.24) is 4.90 Å². The molecule has 1 N–H and O–H groups in total. The Morgan fingerprint density at radius 3 is 2.33 bits per heavy atom. The molecule has 0 unspecified atom stereocenters. The zero-order valence-electron chi connectivity index (χ0n) is 15.1. The maximum Gasteiger partial charge on any atom is 0.293 e. The highest BCUT2D eigenvalue weighted by Crippen LogP contribution is 2.27. The number of anilines is 1. The molecule has 0 aromatic heterocycles. The fourth-order valence-corrected chi connectivity index (χ4v) is 3.33. The third-order valence-electron chi connectivity index (χ3n) is 4.77. The highest BCUT2D eigenvalue weighted by molar-refractivity contribution is 6.15. The molecule has 1 heterocycles. The van der Waals surface area contributed by atoms with E-state index in [-0.39, 0.29) is 22.7 Å². The van der Waals surface area contributed by atoms with Gasteiger partial charge in [-0.2, -0.15) is 0 Å². The maximum atomic E-state index is 13.0. The Bertz CT molecular complexity index is 889. The minimum Gasteiger partial charge on any atom is -0.383 e. The summed E-state index contributed by atoms with van der Waals surface area (Å²) >= 11 is 0. The molecular formula is C20H21N3O4. The van der Waals surface area contributed by atoms with Crippen molar-refractivity contribution >= 4 is 23.1 Å². The lowest BCUT2D eigenvalue weighted by Gasteiger charge is -2.27. The van der Waals surface area contributed by atoms with Crippen molar-refractivity contribution in [2.45, 2.75) is 19.3 Å². The number of ketones is 1. The second kappa shape index (κ2) is 7.99. The first-order chi connectivity index (χ1) is 13.0. The number of amides is 1. The Kier molecular flexibility index (Phi) is 5.49. The van der Waals surface area contributed by atoms with Gasteiger partial charge in [-0.25, -0.2) is 0 Å². The van der Waals surface area contributed by atoms with Crippen LogP contribution in [-0.2, 0) is 0 Å². The van der Waals surface area contributed by atoms with Crippen LogP contribution >= 0.6 is 0 Å². The van der Waals surface area contributed by atoms with E-state index in [2.05, 4.69) is 5.32 Å². The number of nitro groups is 1. The molecule has 0 aliphatic carbocycles. The predicted molar refractivity (Wildman–Crippen MR) is 102 cm³/mol. The lowest BCUT2D eigenvalue weighted by atomic mass is 9.96. The lowest BCUT2D eigenvalue weighted by molar-refractivity contribution is -0.384. The number of carbonyl (C=O) groups is 2. The number of nitrogens with zero attached hydrogens (tertiary/aromatic N) is 2. The van der Waals surface area contributed by atoms with Crippen LogP contribution in [-0.4, -0.2) is 41.7 Å². The molecule has 140 valence electrons. The van der Waals surface area contributed by atoms with Crippen LogP contribution in [0.2, 0.25) is 0 Å². The van der Waals surface area contributed by atoms with Gasteiger partial charge < -0.3 is 10.2 Å². The van der Waals surface area contributed by atoms with E-state index in [1.807, 2.05) is 0 Å². The van der Waals surface area contributed by atoms with Gasteiger partial charge in [-0.15, -0.1) is 0 Å². The zero-order valence-corrected chi connectivity index (χ0v) is 15.1. The minimum absolute atomic E-state index is 0.167. The van der Waals surface area contributed by atoms with Gasteiger partial charge in [0.15, 0.2) is 5.78 Å². The van der Waals surface area contributed by atoms with Gasteiger partial charge in [-0.05, 0) is 37.5 Å². The summed E-state index contributed by atoms with van der Waals surface area (Å²) < 4.78 is 0. The Balaban J connectivity index is 1.97. The van der Waals surface area contributed by atoms with Gasteiger partial charge in [0.25, 0.3) is 11.6 Å². The van der Waals surface area contributed by atoms with Crippen molar-refractivity contribution in [1.29, 1.82) is 0 Å². The standard InChI is InChI=1S/C20H21N3O4/c1-21-17-10-9-14(13-18(17)23(26)27)19(24)15-7-3-4-8-16(15)20(25)22-11-5-2-6-12-22/h3-4,7-10,13,21H,2,5-6,11-12H2,1H3. The van der Waals surface area contributed by atoms with Crippen molar-refractivity contribution in [2.24, 2.45) is 0 Å². The summed E-state index contributed by atoms with van der Waals surface area (Å²) in [5, 5.41) is 14.0. The molecule has 27 heavy (non-hydrogen) atoms. The molecule has 1 fully saturated rings. The van der Waals surface area contributed by atoms with Crippen LogP contribution in [0.15, 0.2) is 42.5 Å². The zero-order chi connectivity index (χ0) is 19.4. The van der Waals surface area contributed by atoms with Crippen LogP contribution in [0.5, 0.6) is 0 Å². The first kappa shape index (κ1) is 18.6. The summed E-state index contributed by atoms with van der Waals surface area (Å²) in [7, 11) is 1.58. The van der Waals surface area contributed by atoms with Crippen molar-refractivity contribution in [3.8, 4) is 0 Å². The van der Waals surface area contributed by atoms with Crippen LogP contribution in [0.4, 0.5) is 11.4 Å². The molecule has 1 amide bonds. The van der Waals surface area contributed by atoms with E-state index in [0.717, 1.165) is 19.3 Å². The van der Waals surface area contributed by atoms with Gasteiger partial charge in [-0.3, -0.25) is 19.7 Å². The molecular weight excluding hydrogens is 346 g/mol. The largest absolute Gasteiger partial charge is 0.383 e. The first-order valence-electron chi connectivity index (χ1n) is 8.92. The molecule has 1 aliphatic heterocycles. The molecule has 0 bridgehead atoms. The fourth-order valence-electron chi connectivity index (χ4n) is 3.33. The molecule has 2 aromatic carbocycles. The molecule has 7 heteroatoms. The van der Waals surface area contributed by atoms with Crippen molar-refractivity contribution in [2.75, 3.05) is 25.5 Å². The van der Waals surface area contributed by atoms with Gasteiger partial charge in [0.1, 0.15) is 5.69 Å². The molecule has 2 aromatic rings. The average Bonchev–Trinajstić information content (AvgIpc) is 2.72. The van der Waals surface area contributed by atoms with E-state index in [1.165, 1.54) is 18.2 Å². The summed E-state index contributed by atoms with van der Waals surface area (Å²) in [6, 6.07) is 10.9. The first-order valence-corrected chi connectivity index (χ1v) is 8.92. The van der Waals surface area contributed by atoms with Crippen LogP contribution in [0.25, 0.3) is 0 Å². The van der Waals surface area contributed by atoms with Crippen LogP contribution in [0, 0.1) is 10.1 Å². The number of rotatable bonds is 5. The smallest absolute Gasteiger partial charge is 0.293 e. The molecule has 0 atom stereocenters. The number of hydrogen-bond acceptors (Lipinski definition) is 5. The molecule has 1 saturated heterocycles. The number of hydrogen-bond donors (Lipinski definition) is 1. The summed E-state index contributed by atoms with van der Waals surface area (Å²) in [4.78, 5) is 38.4. The quantitative estimate of drug-likeness (QED) is 0.496. The Morgan fingerprint density at radius 1 is 1.04 bits per heavy atom. The Morgan fingerprint density at radius 2 is 1.70 bits per heavy atom. The van der Waals surface area contributed by atoms with Gasteiger partial charge in [0.05, 0.1) is 10.5 Å². The third kappa shape index (κ3) is 3.81. The fraction of sp³-hybridized carbons (Fsp3) is 0.300. The van der Waals surface area contributed by atoms with Crippen molar-refractivity contribution in [3.05, 3.63) is 69.3 Å². The molecule has 7 nitrogen and oxygen atoms in total. The summed E-state index contributed by atoms with van der Waals surface area (Å²) in [6.07, 6.45) is 3.02. The normalized spacial score (nSPS) is 13.9. The third-order valence-corrected chi connectivity index (χ3v) is 4.77. The molecule has 0 radical (unpaired) electrons. The van der Waals surface area contributed by atoms with Gasteiger partial charge >= 0.3 is 0 Å². The molecule has 1 aliphatic rings. The van der Waals surface area contributed by atoms with Crippen molar-refractivity contribution in [3.63, 3.8) is 0 Å². The number of carbonyl (C=O) groups excluding carboxylic acids is 2. The lowest BCUT2D eigenvalue weighted by Crippen LogP contribution is -2.36. The highest BCUT2D eigenvalue weighted by atomic mass is 16.6. The minimum atomic E-state index is -0.534. The molecule has 0 spiro atoms. The topological polar surface area (TPSA) is 92.6 Å². The van der Waals surface area contributed by atoms with Crippen LogP contribution in [0.3, 0.4) is 0 Å². The molecule has 0 saturated carbocycles. The van der Waals surface area contributed by atoms with E-state index in [1.54, 1.807) is 36.2 Å². The number of nitrogens with one attached hydrogen (secondary N) is 1. The Labute approximate surface area is 157 Å². The Hall–Kier alpha value is -3.22. The van der Waals surface area contributed by atoms with Crippen molar-refractivity contribution < 1.29 is 14.5 Å². The highest BCUT2D eigenvalue weighted by Gasteiger charge is 2.25. The number of nitro benzene ring substituents is 1. The predicted octanol–water partition coefficient (Wildman–Crippen LogP) is 3.49. The SMILES string of the molecule is CNc1ccc(C(=O)c2ccccc2C(=O)N2CCCCC2)cc1[N+](=O)[O-]. The monoisotopic (exact) mass is 367 g/mol. The van der Waals surface area contributed by atoms with Crippen LogP contribution < -0.4 is 5.32 Å². The number of likely N-dealkylation sites (tertiary alicyclic amines) is 1. The second-order valence-corrected chi connectivity index (χ2v) is 6.47. The van der Waals surface area contributed by atoms with E-state index >= 15 is 0 Å². The van der Waals surface area contributed by atoms with E-state index < -0.39 is 10.7 Å². The number of benzene rings is 2. The van der Waals surface area contributed by atoms with Gasteiger partial charge in [0.2, 0.25) is 0 Å². The summed E-state index contributed by atoms with van der Waals surface area (Å²) in [5.41, 5.74) is 0.932. The van der Waals surface area contributed by atoms with Gasteiger partial charge in [-0.1, -0.05) is 18.2 Å². The summed E-state index contributed by atoms with van der Waals surface area (Å²) in [6.45, 7) is 1.37. The van der Waals surface area contributed by atoms with E-state index in [0.29, 0.717) is 24.3 Å². The molecule has 3 rings (SSSR count). The van der Waals surface area contributed by atoms with Gasteiger partial charge in [0, 0.05) is 37.3 Å². The second-order valence-electron chi connectivity index (χ2n) is 6.47. The van der Waals surface area contributed by atoms with E-state index in [9.17, 15) is 19.7 Å². The van der Waals surface area contributed by atoms with Crippen LogP contribution in [0.1, 0.15) is 45.5 Å². The number of piperidine rings is 1.